The van der Waals surface area contributed by atoms with E-state index in [1.165, 1.54) is 12.1 Å². The van der Waals surface area contributed by atoms with E-state index in [-0.39, 0.29) is 11.0 Å². The van der Waals surface area contributed by atoms with Crippen molar-refractivity contribution in [1.29, 1.82) is 0 Å². The Morgan fingerprint density at radius 1 is 1.15 bits per heavy atom. The molecule has 1 aliphatic heterocycles. The Labute approximate surface area is 154 Å². The molecule has 1 N–H and O–H groups in total. The number of benzene rings is 1. The minimum Gasteiger partial charge on any atom is -0.375 e. The lowest BCUT2D eigenvalue weighted by molar-refractivity contribution is -0.137. The van der Waals surface area contributed by atoms with E-state index in [4.69, 9.17) is 4.74 Å². The zero-order chi connectivity index (χ0) is 19.0. The second-order valence-electron chi connectivity index (χ2n) is 8.77. The average Bonchev–Trinajstić information content (AvgIpc) is 3.38. The highest BCUT2D eigenvalue weighted by Crippen LogP contribution is 2.49. The molecule has 2 unspecified atom stereocenters. The van der Waals surface area contributed by atoms with Gasteiger partial charge in [0.15, 0.2) is 0 Å². The van der Waals surface area contributed by atoms with Gasteiger partial charge in [-0.1, -0.05) is 25.1 Å². The van der Waals surface area contributed by atoms with Crippen molar-refractivity contribution < 1.29 is 17.9 Å². The van der Waals surface area contributed by atoms with E-state index in [1.54, 1.807) is 6.07 Å². The maximum Gasteiger partial charge on any atom is 0.416 e. The van der Waals surface area contributed by atoms with Crippen LogP contribution in [0.5, 0.6) is 0 Å². The van der Waals surface area contributed by atoms with E-state index in [9.17, 15) is 13.2 Å². The molecule has 2 aliphatic rings. The second kappa shape index (κ2) is 7.16. The van der Waals surface area contributed by atoms with Crippen LogP contribution < -0.4 is 5.32 Å². The fraction of sp³-hybridized carbons (Fsp3) is 0.714. The van der Waals surface area contributed by atoms with E-state index in [0.29, 0.717) is 12.0 Å². The number of rotatable bonds is 6. The zero-order valence-electron chi connectivity index (χ0n) is 16.0. The molecule has 3 rings (SSSR count). The van der Waals surface area contributed by atoms with Gasteiger partial charge in [-0.25, -0.2) is 0 Å². The molecule has 1 heterocycles. The van der Waals surface area contributed by atoms with Gasteiger partial charge in [0.05, 0.1) is 11.2 Å². The van der Waals surface area contributed by atoms with Crippen LogP contribution in [0.25, 0.3) is 0 Å². The summed E-state index contributed by atoms with van der Waals surface area (Å²) in [7, 11) is 0. The van der Waals surface area contributed by atoms with Crippen molar-refractivity contribution in [3.63, 3.8) is 0 Å². The Balaban J connectivity index is 1.67. The normalized spacial score (nSPS) is 25.7. The summed E-state index contributed by atoms with van der Waals surface area (Å²) in [5.41, 5.74) is -0.0175. The van der Waals surface area contributed by atoms with Crippen molar-refractivity contribution in [3.05, 3.63) is 35.4 Å². The molecule has 0 spiro atoms. The van der Waals surface area contributed by atoms with Crippen LogP contribution in [0.15, 0.2) is 24.3 Å². The third-order valence-corrected chi connectivity index (χ3v) is 6.10. The summed E-state index contributed by atoms with van der Waals surface area (Å²) < 4.78 is 45.1. The van der Waals surface area contributed by atoms with E-state index in [0.717, 1.165) is 50.8 Å². The van der Waals surface area contributed by atoms with Gasteiger partial charge in [-0.2, -0.15) is 13.2 Å². The van der Waals surface area contributed by atoms with Gasteiger partial charge in [0.2, 0.25) is 0 Å². The molecule has 5 heteroatoms. The zero-order valence-corrected chi connectivity index (χ0v) is 16.0. The lowest BCUT2D eigenvalue weighted by Crippen LogP contribution is -2.45. The quantitative estimate of drug-likeness (QED) is 0.734. The van der Waals surface area contributed by atoms with Gasteiger partial charge >= 0.3 is 6.18 Å². The lowest BCUT2D eigenvalue weighted by Gasteiger charge is -2.37. The molecule has 1 aromatic rings. The van der Waals surface area contributed by atoms with Crippen LogP contribution in [-0.4, -0.2) is 24.8 Å². The maximum atomic E-state index is 13.1. The van der Waals surface area contributed by atoms with Crippen molar-refractivity contribution in [2.24, 2.45) is 5.92 Å². The summed E-state index contributed by atoms with van der Waals surface area (Å²) in [4.78, 5) is 0. The molecule has 1 saturated carbocycles. The first-order valence-electron chi connectivity index (χ1n) is 9.65. The molecule has 2 atom stereocenters. The van der Waals surface area contributed by atoms with Crippen LogP contribution in [0, 0.1) is 5.92 Å². The number of halogens is 3. The van der Waals surface area contributed by atoms with E-state index in [1.807, 2.05) is 6.07 Å². The topological polar surface area (TPSA) is 21.3 Å². The standard InChI is InChI=1S/C21H30F3NO/c1-19(2)14-18(9-12-26-19)25-11-10-20(3,15-7-8-15)16-5-4-6-17(13-16)21(22,23)24/h4-6,13,15,18,25H,7-12,14H2,1-3H3. The summed E-state index contributed by atoms with van der Waals surface area (Å²) in [5, 5.41) is 3.63. The van der Waals surface area contributed by atoms with Gasteiger partial charge in [0.25, 0.3) is 0 Å². The molecule has 0 aromatic heterocycles. The first-order valence-corrected chi connectivity index (χ1v) is 9.65. The summed E-state index contributed by atoms with van der Waals surface area (Å²) in [6, 6.07) is 6.36. The Bertz CT molecular complexity index is 624. The summed E-state index contributed by atoms with van der Waals surface area (Å²) in [6.07, 6.45) is 0.751. The summed E-state index contributed by atoms with van der Waals surface area (Å²) >= 11 is 0. The Hall–Kier alpha value is -1.07. The molecule has 146 valence electrons. The predicted octanol–water partition coefficient (Wildman–Crippen LogP) is 5.31. The van der Waals surface area contributed by atoms with Crippen LogP contribution in [-0.2, 0) is 16.3 Å². The van der Waals surface area contributed by atoms with E-state index >= 15 is 0 Å². The van der Waals surface area contributed by atoms with Gasteiger partial charge in [-0.05, 0) is 75.5 Å². The molecule has 0 amide bonds. The number of alkyl halides is 3. The Morgan fingerprint density at radius 2 is 1.85 bits per heavy atom. The first kappa shape index (κ1) is 19.7. The summed E-state index contributed by atoms with van der Waals surface area (Å²) in [6.45, 7) is 7.94. The molecule has 1 aromatic carbocycles. The van der Waals surface area contributed by atoms with E-state index in [2.05, 4.69) is 26.1 Å². The Kier molecular flexibility index (Phi) is 5.42. The van der Waals surface area contributed by atoms with Crippen LogP contribution in [0.4, 0.5) is 13.2 Å². The molecule has 1 aliphatic carbocycles. The predicted molar refractivity (Wildman–Crippen MR) is 97.2 cm³/mol. The SMILES string of the molecule is CC1(C)CC(NCCC(C)(c2cccc(C(F)(F)F)c2)C2CC2)CCO1. The van der Waals surface area contributed by atoms with Gasteiger partial charge in [0.1, 0.15) is 0 Å². The molecule has 0 bridgehead atoms. The van der Waals surface area contributed by atoms with Crippen molar-refractivity contribution in [3.8, 4) is 0 Å². The smallest absolute Gasteiger partial charge is 0.375 e. The van der Waals surface area contributed by atoms with Gasteiger partial charge in [0, 0.05) is 12.6 Å². The molecular weight excluding hydrogens is 339 g/mol. The third-order valence-electron chi connectivity index (χ3n) is 6.10. The van der Waals surface area contributed by atoms with Crippen LogP contribution in [0.3, 0.4) is 0 Å². The third kappa shape index (κ3) is 4.61. The number of hydrogen-bond donors (Lipinski definition) is 1. The van der Waals surface area contributed by atoms with Crippen molar-refractivity contribution in [2.75, 3.05) is 13.2 Å². The average molecular weight is 369 g/mol. The van der Waals surface area contributed by atoms with Crippen molar-refractivity contribution in [1.82, 2.24) is 5.32 Å². The molecular formula is C21H30F3NO. The number of hydrogen-bond acceptors (Lipinski definition) is 2. The number of nitrogens with one attached hydrogen (secondary N) is 1. The van der Waals surface area contributed by atoms with Crippen LogP contribution in [0.2, 0.25) is 0 Å². The first-order chi connectivity index (χ1) is 12.1. The van der Waals surface area contributed by atoms with Gasteiger partial charge < -0.3 is 10.1 Å². The fourth-order valence-electron chi connectivity index (χ4n) is 4.30. The maximum absolute atomic E-state index is 13.1. The van der Waals surface area contributed by atoms with Crippen LogP contribution >= 0.6 is 0 Å². The van der Waals surface area contributed by atoms with Gasteiger partial charge in [-0.3, -0.25) is 0 Å². The highest BCUT2D eigenvalue weighted by molar-refractivity contribution is 5.33. The van der Waals surface area contributed by atoms with Crippen molar-refractivity contribution >= 4 is 0 Å². The largest absolute Gasteiger partial charge is 0.416 e. The second-order valence-corrected chi connectivity index (χ2v) is 8.77. The van der Waals surface area contributed by atoms with Gasteiger partial charge in [-0.15, -0.1) is 0 Å². The Morgan fingerprint density at radius 3 is 2.46 bits per heavy atom. The van der Waals surface area contributed by atoms with E-state index < -0.39 is 11.7 Å². The minimum absolute atomic E-state index is 0.100. The van der Waals surface area contributed by atoms with Crippen LogP contribution in [0.1, 0.15) is 64.0 Å². The lowest BCUT2D eigenvalue weighted by atomic mass is 9.74. The highest BCUT2D eigenvalue weighted by atomic mass is 19.4. The fourth-order valence-corrected chi connectivity index (χ4v) is 4.30. The summed E-state index contributed by atoms with van der Waals surface area (Å²) in [5.74, 6) is 0.485. The number of ether oxygens (including phenoxy) is 1. The minimum atomic E-state index is -4.29. The highest BCUT2D eigenvalue weighted by Gasteiger charge is 2.43. The molecule has 0 radical (unpaired) electrons. The van der Waals surface area contributed by atoms with Crippen molar-refractivity contribution in [2.45, 2.75) is 76.1 Å². The monoisotopic (exact) mass is 369 g/mol. The molecule has 1 saturated heterocycles. The molecule has 2 nitrogen and oxygen atoms in total. The molecule has 26 heavy (non-hydrogen) atoms. The molecule has 2 fully saturated rings.